The molecule has 8 N–H and O–H groups in total. The fourth-order valence-electron chi connectivity index (χ4n) is 4.01. The number of carboxylic acids is 2. The summed E-state index contributed by atoms with van der Waals surface area (Å²) in [6.45, 7) is 2.83. The van der Waals surface area contributed by atoms with Crippen molar-refractivity contribution in [2.75, 3.05) is 13.1 Å². The molecule has 0 aliphatic carbocycles. The third-order valence-electron chi connectivity index (χ3n) is 5.97. The van der Waals surface area contributed by atoms with Crippen molar-refractivity contribution in [2.45, 2.75) is 115 Å². The van der Waals surface area contributed by atoms with Gasteiger partial charge in [-0.2, -0.15) is 0 Å². The number of nitrogens with zero attached hydrogens (tertiary/aromatic N) is 1. The number of carboxylic acid groups (broad SMARTS) is 2. The average molecular weight is 483 g/mol. The van der Waals surface area contributed by atoms with E-state index in [0.29, 0.717) is 25.8 Å². The number of hydrogen-bond acceptors (Lipinski definition) is 6. The van der Waals surface area contributed by atoms with Gasteiger partial charge in [-0.25, -0.2) is 4.79 Å². The van der Waals surface area contributed by atoms with Gasteiger partial charge in [0.05, 0.1) is 0 Å². The number of carbonyl (C=O) groups excluding carboxylic acids is 1. The predicted octanol–water partition coefficient (Wildman–Crippen LogP) is 2.15. The SMILES string of the molecule is CCCCCCCCCCCCN([C@@H](CCC(N)=O)C(=O)O)[C@](N)(CCCCN)C(=O)O.[NaH]. The first kappa shape index (κ1) is 34.5. The molecule has 0 heterocycles. The molecule has 0 bridgehead atoms. The number of rotatable bonds is 22. The summed E-state index contributed by atoms with van der Waals surface area (Å²) in [7, 11) is 0. The first-order chi connectivity index (χ1) is 15.2. The van der Waals surface area contributed by atoms with Crippen LogP contribution in [0.3, 0.4) is 0 Å². The summed E-state index contributed by atoms with van der Waals surface area (Å²) < 4.78 is 0. The van der Waals surface area contributed by atoms with Crippen molar-refractivity contribution >= 4 is 47.4 Å². The molecule has 0 aliphatic heterocycles. The van der Waals surface area contributed by atoms with E-state index in [1.807, 2.05) is 0 Å². The van der Waals surface area contributed by atoms with Gasteiger partial charge < -0.3 is 27.4 Å². The fourth-order valence-corrected chi connectivity index (χ4v) is 4.01. The molecular weight excluding hydrogens is 435 g/mol. The van der Waals surface area contributed by atoms with Crippen molar-refractivity contribution in [2.24, 2.45) is 17.2 Å². The van der Waals surface area contributed by atoms with Crippen LogP contribution in [-0.2, 0) is 14.4 Å². The number of nitrogens with two attached hydrogens (primary N) is 3. The summed E-state index contributed by atoms with van der Waals surface area (Å²) in [4.78, 5) is 36.7. The zero-order chi connectivity index (χ0) is 24.4. The summed E-state index contributed by atoms with van der Waals surface area (Å²) in [5, 5.41) is 19.7. The Kier molecular flexibility index (Phi) is 21.6. The fraction of sp³-hybridized carbons (Fsp3) is 0.870. The van der Waals surface area contributed by atoms with Gasteiger partial charge in [0.15, 0.2) is 5.66 Å². The van der Waals surface area contributed by atoms with Gasteiger partial charge in [-0.15, -0.1) is 0 Å². The average Bonchev–Trinajstić information content (AvgIpc) is 2.73. The van der Waals surface area contributed by atoms with Crippen molar-refractivity contribution < 1.29 is 24.6 Å². The molecular formula is C23H47N4NaO5. The number of carbonyl (C=O) groups is 3. The standard InChI is InChI=1S/C23H46N4O5.Na.H/c1-2-3-4-5-6-7-8-9-10-13-18-27(19(21(29)30)14-15-20(25)28)23(26,22(31)32)16-11-12-17-24;;/h19H,2-18,24,26H2,1H3,(H2,25,28)(H,29,30)(H,31,32);;/t19-,23+;;/m0../s1. The van der Waals surface area contributed by atoms with Crippen LogP contribution in [0.4, 0.5) is 0 Å². The Balaban J connectivity index is 0. The van der Waals surface area contributed by atoms with Gasteiger partial charge in [-0.1, -0.05) is 64.7 Å². The van der Waals surface area contributed by atoms with Crippen molar-refractivity contribution in [3.63, 3.8) is 0 Å². The molecule has 0 saturated heterocycles. The van der Waals surface area contributed by atoms with Gasteiger partial charge in [0.1, 0.15) is 6.04 Å². The molecule has 0 unspecified atom stereocenters. The molecule has 0 fully saturated rings. The maximum atomic E-state index is 12.1. The van der Waals surface area contributed by atoms with Crippen LogP contribution >= 0.6 is 0 Å². The second-order valence-corrected chi connectivity index (χ2v) is 8.71. The van der Waals surface area contributed by atoms with Gasteiger partial charge in [0, 0.05) is 13.0 Å². The number of primary amides is 1. The molecule has 9 nitrogen and oxygen atoms in total. The monoisotopic (exact) mass is 482 g/mol. The second-order valence-electron chi connectivity index (χ2n) is 8.71. The van der Waals surface area contributed by atoms with Gasteiger partial charge in [-0.3, -0.25) is 14.5 Å². The Labute approximate surface area is 221 Å². The molecule has 0 aliphatic rings. The van der Waals surface area contributed by atoms with E-state index in [9.17, 15) is 24.6 Å². The van der Waals surface area contributed by atoms with E-state index in [1.165, 1.54) is 43.4 Å². The topological polar surface area (TPSA) is 173 Å². The van der Waals surface area contributed by atoms with Crippen LogP contribution in [0, 0.1) is 0 Å². The van der Waals surface area contributed by atoms with E-state index in [1.54, 1.807) is 0 Å². The molecule has 0 aromatic carbocycles. The zero-order valence-electron chi connectivity index (χ0n) is 19.9. The van der Waals surface area contributed by atoms with Crippen LogP contribution in [-0.4, -0.2) is 87.3 Å². The Morgan fingerprint density at radius 2 is 1.39 bits per heavy atom. The Morgan fingerprint density at radius 1 is 0.879 bits per heavy atom. The van der Waals surface area contributed by atoms with E-state index in [-0.39, 0.29) is 55.4 Å². The second kappa shape index (κ2) is 20.6. The molecule has 0 rings (SSSR count). The molecule has 190 valence electrons. The van der Waals surface area contributed by atoms with E-state index in [4.69, 9.17) is 17.2 Å². The number of aliphatic carboxylic acids is 2. The van der Waals surface area contributed by atoms with Crippen molar-refractivity contribution in [1.29, 1.82) is 0 Å². The quantitative estimate of drug-likeness (QED) is 0.0886. The molecule has 0 aromatic rings. The van der Waals surface area contributed by atoms with E-state index in [2.05, 4.69) is 6.92 Å². The molecule has 0 saturated carbocycles. The van der Waals surface area contributed by atoms with Gasteiger partial charge in [-0.05, 0) is 38.6 Å². The normalized spacial score (nSPS) is 13.8. The molecule has 1 amide bonds. The maximum absolute atomic E-state index is 12.1. The number of unbranched alkanes of at least 4 members (excludes halogenated alkanes) is 10. The summed E-state index contributed by atoms with van der Waals surface area (Å²) in [5.74, 6) is -3.10. The predicted molar refractivity (Wildman–Crippen MR) is 133 cm³/mol. The molecule has 2 atom stereocenters. The van der Waals surface area contributed by atoms with Crippen molar-refractivity contribution in [1.82, 2.24) is 4.90 Å². The molecule has 0 aromatic heterocycles. The third kappa shape index (κ3) is 15.0. The minimum absolute atomic E-state index is 0. The van der Waals surface area contributed by atoms with E-state index < -0.39 is 29.6 Å². The molecule has 0 spiro atoms. The van der Waals surface area contributed by atoms with Crippen LogP contribution < -0.4 is 17.2 Å². The van der Waals surface area contributed by atoms with E-state index in [0.717, 1.165) is 19.3 Å². The number of hydrogen-bond donors (Lipinski definition) is 5. The summed E-state index contributed by atoms with van der Waals surface area (Å²) in [6.07, 6.45) is 12.0. The first-order valence-electron chi connectivity index (χ1n) is 12.2. The zero-order valence-corrected chi connectivity index (χ0v) is 19.9. The van der Waals surface area contributed by atoms with Crippen LogP contribution in [0.2, 0.25) is 0 Å². The van der Waals surface area contributed by atoms with Gasteiger partial charge in [0.25, 0.3) is 0 Å². The summed E-state index contributed by atoms with van der Waals surface area (Å²) >= 11 is 0. The van der Waals surface area contributed by atoms with Crippen LogP contribution in [0.25, 0.3) is 0 Å². The van der Waals surface area contributed by atoms with Crippen LogP contribution in [0.5, 0.6) is 0 Å². The van der Waals surface area contributed by atoms with E-state index >= 15 is 0 Å². The third-order valence-corrected chi connectivity index (χ3v) is 5.97. The Bertz CT molecular complexity index is 553. The van der Waals surface area contributed by atoms with Crippen molar-refractivity contribution in [3.8, 4) is 0 Å². The van der Waals surface area contributed by atoms with Gasteiger partial charge >= 0.3 is 41.5 Å². The Morgan fingerprint density at radius 3 is 1.82 bits per heavy atom. The molecule has 0 radical (unpaired) electrons. The Hall–Kier alpha value is -0.710. The minimum atomic E-state index is -1.84. The first-order valence-corrected chi connectivity index (χ1v) is 12.2. The van der Waals surface area contributed by atoms with Gasteiger partial charge in [0.2, 0.25) is 5.91 Å². The molecule has 10 heteroatoms. The van der Waals surface area contributed by atoms with Crippen molar-refractivity contribution in [3.05, 3.63) is 0 Å². The summed E-state index contributed by atoms with van der Waals surface area (Å²) in [6, 6.07) is -1.19. The van der Waals surface area contributed by atoms with Crippen LogP contribution in [0.15, 0.2) is 0 Å². The van der Waals surface area contributed by atoms with Crippen LogP contribution in [0.1, 0.15) is 103 Å². The number of amides is 1. The summed E-state index contributed by atoms with van der Waals surface area (Å²) in [5.41, 5.74) is 15.2. The molecule has 33 heavy (non-hydrogen) atoms.